The number of aryl methyl sites for hydroxylation is 1. The number of fused-ring (bicyclic) bond motifs is 1. The second-order valence-electron chi connectivity index (χ2n) is 6.16. The van der Waals surface area contributed by atoms with Gasteiger partial charge in [0.15, 0.2) is 0 Å². The monoisotopic (exact) mass is 563 g/mol. The first-order chi connectivity index (χ1) is 13.7. The van der Waals surface area contributed by atoms with Gasteiger partial charge in [0.25, 0.3) is 0 Å². The largest absolute Gasteiger partial charge is 0.477 e. The van der Waals surface area contributed by atoms with Crippen LogP contribution in [0.4, 0.5) is 0 Å². The minimum absolute atomic E-state index is 0. The molecule has 0 fully saturated rings. The van der Waals surface area contributed by atoms with Gasteiger partial charge in [0.05, 0.1) is 5.82 Å². The molecule has 1 N–H and O–H groups in total. The maximum atomic E-state index is 10.1. The summed E-state index contributed by atoms with van der Waals surface area (Å²) < 4.78 is 0. The Hall–Kier alpha value is -2.95. The fraction of sp³-hybridized carbons (Fsp3) is 0.130. The molecular weight excluding hydrogens is 542 g/mol. The Kier molecular flexibility index (Phi) is 8.59. The molecule has 2 aromatic heterocycles. The summed E-state index contributed by atoms with van der Waals surface area (Å²) in [7, 11) is 0. The Morgan fingerprint density at radius 1 is 1.00 bits per heavy atom. The number of nitrogens with zero attached hydrogens (tertiary/aromatic N) is 3. The Morgan fingerprint density at radius 3 is 2.28 bits per heavy atom. The third-order valence-corrected chi connectivity index (χ3v) is 4.05. The van der Waals surface area contributed by atoms with Crippen molar-refractivity contribution in [3.05, 3.63) is 90.5 Å². The van der Waals surface area contributed by atoms with Crippen molar-refractivity contribution in [2.75, 3.05) is 0 Å². The smallest absolute Gasteiger partial charge is 0.354 e. The van der Waals surface area contributed by atoms with Gasteiger partial charge in [-0.25, -0.2) is 9.78 Å². The molecule has 2 aromatic carbocycles. The molecule has 0 spiro atoms. The summed E-state index contributed by atoms with van der Waals surface area (Å²) in [5, 5.41) is 10.7. The molecule has 29 heavy (non-hydrogen) atoms. The molecule has 1 radical (unpaired) electrons. The quantitative estimate of drug-likeness (QED) is 0.361. The van der Waals surface area contributed by atoms with Crippen LogP contribution in [-0.2, 0) is 26.5 Å². The molecule has 2 heterocycles. The van der Waals surface area contributed by atoms with E-state index in [9.17, 15) is 4.79 Å². The van der Waals surface area contributed by atoms with E-state index in [4.69, 9.17) is 5.11 Å². The SMILES string of the molecule is CCCc1cnc(-c2[c-]cc3ccccc3c2)nc1.O=C(O)c1ccccn1.[Ir]. The molecule has 0 aliphatic rings. The molecule has 0 amide bonds. The van der Waals surface area contributed by atoms with Crippen LogP contribution in [0.1, 0.15) is 29.4 Å². The number of aromatic nitrogens is 3. The first-order valence-corrected chi connectivity index (χ1v) is 9.03. The number of hydrogen-bond acceptors (Lipinski definition) is 4. The van der Waals surface area contributed by atoms with Crippen molar-refractivity contribution in [1.29, 1.82) is 0 Å². The summed E-state index contributed by atoms with van der Waals surface area (Å²) in [6.45, 7) is 2.16. The van der Waals surface area contributed by atoms with Gasteiger partial charge in [-0.05, 0) is 24.1 Å². The Bertz CT molecular complexity index is 1050. The summed E-state index contributed by atoms with van der Waals surface area (Å²) in [5.74, 6) is -0.249. The second kappa shape index (κ2) is 11.1. The Labute approximate surface area is 183 Å². The summed E-state index contributed by atoms with van der Waals surface area (Å²) in [6, 6.07) is 20.3. The van der Waals surface area contributed by atoms with Crippen LogP contribution >= 0.6 is 0 Å². The maximum absolute atomic E-state index is 10.1. The number of benzene rings is 2. The van der Waals surface area contributed by atoms with Crippen LogP contribution in [0.2, 0.25) is 0 Å². The van der Waals surface area contributed by atoms with E-state index >= 15 is 0 Å². The van der Waals surface area contributed by atoms with Gasteiger partial charge in [-0.1, -0.05) is 49.1 Å². The molecule has 6 heteroatoms. The van der Waals surface area contributed by atoms with Crippen molar-refractivity contribution in [2.24, 2.45) is 0 Å². The maximum Gasteiger partial charge on any atom is 0.354 e. The fourth-order valence-corrected chi connectivity index (χ4v) is 2.66. The van der Waals surface area contributed by atoms with E-state index in [2.05, 4.69) is 46.1 Å². The molecular formula is C23H20IrN3O2-. The zero-order valence-corrected chi connectivity index (χ0v) is 18.3. The number of hydrogen-bond donors (Lipinski definition) is 1. The van der Waals surface area contributed by atoms with Gasteiger partial charge >= 0.3 is 5.97 Å². The van der Waals surface area contributed by atoms with Gasteiger partial charge < -0.3 is 5.11 Å². The van der Waals surface area contributed by atoms with Gasteiger partial charge in [-0.3, -0.25) is 9.97 Å². The normalized spacial score (nSPS) is 9.83. The summed E-state index contributed by atoms with van der Waals surface area (Å²) in [5.41, 5.74) is 2.21. The van der Waals surface area contributed by atoms with Gasteiger partial charge in [0.2, 0.25) is 0 Å². The van der Waals surface area contributed by atoms with Crippen LogP contribution in [-0.4, -0.2) is 26.0 Å². The molecule has 4 aromatic rings. The van der Waals surface area contributed by atoms with E-state index in [1.165, 1.54) is 28.6 Å². The van der Waals surface area contributed by atoms with Crippen molar-refractivity contribution in [3.63, 3.8) is 0 Å². The summed E-state index contributed by atoms with van der Waals surface area (Å²) >= 11 is 0. The zero-order chi connectivity index (χ0) is 19.8. The minimum atomic E-state index is -0.990. The van der Waals surface area contributed by atoms with Crippen LogP contribution in [0.15, 0.2) is 73.2 Å². The van der Waals surface area contributed by atoms with E-state index in [0.29, 0.717) is 0 Å². The van der Waals surface area contributed by atoms with E-state index in [1.54, 1.807) is 12.1 Å². The van der Waals surface area contributed by atoms with Gasteiger partial charge in [0, 0.05) is 38.7 Å². The van der Waals surface area contributed by atoms with Crippen molar-refractivity contribution in [1.82, 2.24) is 15.0 Å². The molecule has 4 rings (SSSR count). The zero-order valence-electron chi connectivity index (χ0n) is 15.9. The third kappa shape index (κ3) is 6.28. The molecule has 0 aliphatic heterocycles. The van der Waals surface area contributed by atoms with Crippen LogP contribution in [0.25, 0.3) is 22.2 Å². The summed E-state index contributed by atoms with van der Waals surface area (Å²) in [4.78, 5) is 22.6. The minimum Gasteiger partial charge on any atom is -0.477 e. The van der Waals surface area contributed by atoms with Crippen LogP contribution in [0.3, 0.4) is 0 Å². The molecule has 0 aliphatic carbocycles. The molecule has 149 valence electrons. The fourth-order valence-electron chi connectivity index (χ4n) is 2.66. The molecule has 0 unspecified atom stereocenters. The van der Waals surface area contributed by atoms with Gasteiger partial charge in [-0.2, -0.15) is 0 Å². The molecule has 0 atom stereocenters. The van der Waals surface area contributed by atoms with E-state index in [1.807, 2.05) is 30.6 Å². The van der Waals surface area contributed by atoms with Crippen LogP contribution in [0, 0.1) is 6.07 Å². The number of carboxylic acid groups (broad SMARTS) is 1. The molecule has 5 nitrogen and oxygen atoms in total. The predicted octanol–water partition coefficient (Wildman–Crippen LogP) is 4.83. The van der Waals surface area contributed by atoms with Crippen LogP contribution < -0.4 is 0 Å². The van der Waals surface area contributed by atoms with E-state index in [-0.39, 0.29) is 25.8 Å². The second-order valence-corrected chi connectivity index (χ2v) is 6.16. The van der Waals surface area contributed by atoms with Crippen molar-refractivity contribution in [2.45, 2.75) is 19.8 Å². The predicted molar refractivity (Wildman–Crippen MR) is 109 cm³/mol. The topological polar surface area (TPSA) is 76.0 Å². The summed E-state index contributed by atoms with van der Waals surface area (Å²) in [6.07, 6.45) is 7.42. The number of rotatable bonds is 4. The number of pyridine rings is 1. The first kappa shape index (κ1) is 22.3. The Balaban J connectivity index is 0.000000255. The standard InChI is InChI=1S/C17H15N2.C6H5NO2.Ir/c1-2-5-13-11-18-17(19-12-13)16-9-8-14-6-3-4-7-15(14)10-16;8-6(9)5-3-1-2-4-7-5;/h3-4,6-8,10-12H,2,5H2,1H3;1-4H,(H,8,9);/q-1;;. The Morgan fingerprint density at radius 2 is 1.69 bits per heavy atom. The van der Waals surface area contributed by atoms with Crippen molar-refractivity contribution >= 4 is 16.7 Å². The average molecular weight is 563 g/mol. The average Bonchev–Trinajstić information content (AvgIpc) is 2.75. The molecule has 0 bridgehead atoms. The van der Waals surface area contributed by atoms with E-state index < -0.39 is 5.97 Å². The molecule has 0 saturated carbocycles. The van der Waals surface area contributed by atoms with Crippen molar-refractivity contribution in [3.8, 4) is 11.4 Å². The third-order valence-electron chi connectivity index (χ3n) is 4.05. The number of carboxylic acids is 1. The number of aromatic carboxylic acids is 1. The molecule has 0 saturated heterocycles. The van der Waals surface area contributed by atoms with E-state index in [0.717, 1.165) is 24.2 Å². The van der Waals surface area contributed by atoms with Gasteiger partial charge in [0.1, 0.15) is 5.69 Å². The first-order valence-electron chi connectivity index (χ1n) is 9.03. The van der Waals surface area contributed by atoms with Crippen molar-refractivity contribution < 1.29 is 30.0 Å². The van der Waals surface area contributed by atoms with Gasteiger partial charge in [-0.15, -0.1) is 29.1 Å². The van der Waals surface area contributed by atoms with Crippen LogP contribution in [0.5, 0.6) is 0 Å². The number of carbonyl (C=O) groups is 1.